The van der Waals surface area contributed by atoms with Crippen LogP contribution in [0.3, 0.4) is 0 Å². The first-order valence-corrected chi connectivity index (χ1v) is 7.57. The molecule has 0 bridgehead atoms. The summed E-state index contributed by atoms with van der Waals surface area (Å²) in [6.07, 6.45) is 2.26. The van der Waals surface area contributed by atoms with Crippen molar-refractivity contribution < 1.29 is 9.59 Å². The van der Waals surface area contributed by atoms with Gasteiger partial charge in [0.1, 0.15) is 0 Å². The Balaban J connectivity index is 1.67. The van der Waals surface area contributed by atoms with Crippen molar-refractivity contribution in [3.05, 3.63) is 34.9 Å². The van der Waals surface area contributed by atoms with E-state index in [0.29, 0.717) is 18.0 Å². The third-order valence-corrected chi connectivity index (χ3v) is 3.81. The molecule has 0 radical (unpaired) electrons. The van der Waals surface area contributed by atoms with Crippen molar-refractivity contribution in [3.8, 4) is 0 Å². The number of hydrogen-bond donors (Lipinski definition) is 3. The monoisotopic (exact) mass is 309 g/mol. The summed E-state index contributed by atoms with van der Waals surface area (Å²) in [5, 5.41) is 8.98. The molecule has 3 amide bonds. The van der Waals surface area contributed by atoms with Crippen LogP contribution in [0.5, 0.6) is 0 Å². The van der Waals surface area contributed by atoms with Crippen LogP contribution >= 0.6 is 11.6 Å². The second-order valence-electron chi connectivity index (χ2n) is 5.15. The standard InChI is InChI=1S/C15H20ClN3O2/c16-13-3-1-11(2-4-13)5-10-18-15(21)19-14(20)12-6-8-17-9-7-12/h1-4,12,17H,5-10H2,(H2,18,19,20,21). The maximum atomic E-state index is 11.9. The van der Waals surface area contributed by atoms with E-state index in [0.717, 1.165) is 31.5 Å². The number of halogens is 1. The van der Waals surface area contributed by atoms with Gasteiger partial charge in [-0.3, -0.25) is 10.1 Å². The van der Waals surface area contributed by atoms with E-state index in [1.807, 2.05) is 24.3 Å². The normalized spacial score (nSPS) is 15.5. The van der Waals surface area contributed by atoms with Gasteiger partial charge in [-0.25, -0.2) is 4.79 Å². The number of amides is 3. The number of piperidine rings is 1. The highest BCUT2D eigenvalue weighted by Crippen LogP contribution is 2.11. The third kappa shape index (κ3) is 5.36. The first-order chi connectivity index (χ1) is 10.1. The maximum absolute atomic E-state index is 11.9. The summed E-state index contributed by atoms with van der Waals surface area (Å²) < 4.78 is 0. The van der Waals surface area contributed by atoms with Gasteiger partial charge in [-0.15, -0.1) is 0 Å². The van der Waals surface area contributed by atoms with E-state index in [2.05, 4.69) is 16.0 Å². The van der Waals surface area contributed by atoms with Crippen molar-refractivity contribution in [1.29, 1.82) is 0 Å². The second kappa shape index (κ2) is 8.00. The van der Waals surface area contributed by atoms with E-state index < -0.39 is 6.03 Å². The largest absolute Gasteiger partial charge is 0.337 e. The fraction of sp³-hybridized carbons (Fsp3) is 0.467. The van der Waals surface area contributed by atoms with E-state index in [1.54, 1.807) is 0 Å². The van der Waals surface area contributed by atoms with E-state index in [9.17, 15) is 9.59 Å². The molecule has 21 heavy (non-hydrogen) atoms. The molecule has 0 saturated carbocycles. The van der Waals surface area contributed by atoms with Crippen LogP contribution < -0.4 is 16.0 Å². The van der Waals surface area contributed by atoms with Gasteiger partial charge >= 0.3 is 6.03 Å². The Bertz CT molecular complexity index is 484. The topological polar surface area (TPSA) is 70.2 Å². The lowest BCUT2D eigenvalue weighted by atomic mass is 9.97. The van der Waals surface area contributed by atoms with Crippen molar-refractivity contribution in [2.24, 2.45) is 5.92 Å². The van der Waals surface area contributed by atoms with Gasteiger partial charge in [0.15, 0.2) is 0 Å². The highest BCUT2D eigenvalue weighted by atomic mass is 35.5. The smallest absolute Gasteiger partial charge is 0.321 e. The van der Waals surface area contributed by atoms with Gasteiger partial charge < -0.3 is 10.6 Å². The van der Waals surface area contributed by atoms with Gasteiger partial charge in [0.05, 0.1) is 0 Å². The molecule has 3 N–H and O–H groups in total. The molecule has 1 aromatic carbocycles. The average molecular weight is 310 g/mol. The Morgan fingerprint density at radius 2 is 1.86 bits per heavy atom. The lowest BCUT2D eigenvalue weighted by Gasteiger charge is -2.21. The second-order valence-corrected chi connectivity index (χ2v) is 5.58. The molecule has 0 unspecified atom stereocenters. The third-order valence-electron chi connectivity index (χ3n) is 3.56. The Morgan fingerprint density at radius 1 is 1.19 bits per heavy atom. The quantitative estimate of drug-likeness (QED) is 0.793. The van der Waals surface area contributed by atoms with Crippen LogP contribution in [0.4, 0.5) is 4.79 Å². The van der Waals surface area contributed by atoms with Gasteiger partial charge in [-0.1, -0.05) is 23.7 Å². The van der Waals surface area contributed by atoms with E-state index in [1.165, 1.54) is 0 Å². The molecule has 0 aliphatic carbocycles. The molecule has 0 atom stereocenters. The van der Waals surface area contributed by atoms with Crippen LogP contribution in [0.2, 0.25) is 5.02 Å². The zero-order valence-corrected chi connectivity index (χ0v) is 12.6. The molecule has 114 valence electrons. The molecule has 1 aliphatic rings. The Morgan fingerprint density at radius 3 is 2.52 bits per heavy atom. The molecule has 1 fully saturated rings. The van der Waals surface area contributed by atoms with E-state index >= 15 is 0 Å². The highest BCUT2D eigenvalue weighted by molar-refractivity contribution is 6.30. The number of rotatable bonds is 4. The first-order valence-electron chi connectivity index (χ1n) is 7.19. The summed E-state index contributed by atoms with van der Waals surface area (Å²) in [6, 6.07) is 7.05. The Hall–Kier alpha value is -1.59. The van der Waals surface area contributed by atoms with Crippen molar-refractivity contribution in [2.75, 3.05) is 19.6 Å². The summed E-state index contributed by atoms with van der Waals surface area (Å²) in [5.74, 6) is -0.242. The Kier molecular flexibility index (Phi) is 6.02. The zero-order chi connectivity index (χ0) is 15.1. The van der Waals surface area contributed by atoms with Gasteiger partial charge in [-0.2, -0.15) is 0 Å². The molecule has 0 aromatic heterocycles. The lowest BCUT2D eigenvalue weighted by Crippen LogP contribution is -2.45. The summed E-state index contributed by atoms with van der Waals surface area (Å²) in [4.78, 5) is 23.5. The molecule has 1 aromatic rings. The fourth-order valence-electron chi connectivity index (χ4n) is 2.31. The number of nitrogens with one attached hydrogen (secondary N) is 3. The molecule has 1 heterocycles. The fourth-order valence-corrected chi connectivity index (χ4v) is 2.44. The van der Waals surface area contributed by atoms with Crippen molar-refractivity contribution in [2.45, 2.75) is 19.3 Å². The molecule has 0 spiro atoms. The van der Waals surface area contributed by atoms with Crippen LogP contribution in [0, 0.1) is 5.92 Å². The summed E-state index contributed by atoms with van der Waals surface area (Å²) in [6.45, 7) is 2.14. The summed E-state index contributed by atoms with van der Waals surface area (Å²) in [5.41, 5.74) is 1.09. The molecule has 1 saturated heterocycles. The molecular weight excluding hydrogens is 290 g/mol. The maximum Gasteiger partial charge on any atom is 0.321 e. The van der Waals surface area contributed by atoms with Crippen LogP contribution in [0.25, 0.3) is 0 Å². The minimum Gasteiger partial charge on any atom is -0.337 e. The van der Waals surface area contributed by atoms with Crippen molar-refractivity contribution in [1.82, 2.24) is 16.0 Å². The predicted octanol–water partition coefficient (Wildman–Crippen LogP) is 1.71. The predicted molar refractivity (Wildman–Crippen MR) is 82.3 cm³/mol. The number of imide groups is 1. The van der Waals surface area contributed by atoms with Crippen LogP contribution in [0.1, 0.15) is 18.4 Å². The number of carbonyl (C=O) groups excluding carboxylic acids is 2. The summed E-state index contributed by atoms with van der Waals surface area (Å²) >= 11 is 5.81. The zero-order valence-electron chi connectivity index (χ0n) is 11.8. The molecule has 2 rings (SSSR count). The molecular formula is C15H20ClN3O2. The number of hydrogen-bond acceptors (Lipinski definition) is 3. The van der Waals surface area contributed by atoms with Crippen LogP contribution in [-0.4, -0.2) is 31.6 Å². The van der Waals surface area contributed by atoms with Gasteiger partial charge in [0.25, 0.3) is 0 Å². The SMILES string of the molecule is O=C(NCCc1ccc(Cl)cc1)NC(=O)C1CCNCC1. The number of urea groups is 1. The highest BCUT2D eigenvalue weighted by Gasteiger charge is 2.22. The van der Waals surface area contributed by atoms with Gasteiger partial charge in [-0.05, 0) is 50.0 Å². The summed E-state index contributed by atoms with van der Waals surface area (Å²) in [7, 11) is 0. The van der Waals surface area contributed by atoms with Crippen molar-refractivity contribution in [3.63, 3.8) is 0 Å². The first kappa shape index (κ1) is 15.8. The minimum atomic E-state index is -0.424. The molecule has 5 nitrogen and oxygen atoms in total. The Labute approximate surface area is 129 Å². The molecule has 6 heteroatoms. The van der Waals surface area contributed by atoms with Gasteiger partial charge in [0.2, 0.25) is 5.91 Å². The van der Waals surface area contributed by atoms with E-state index in [4.69, 9.17) is 11.6 Å². The molecule has 1 aliphatic heterocycles. The van der Waals surface area contributed by atoms with Crippen LogP contribution in [-0.2, 0) is 11.2 Å². The van der Waals surface area contributed by atoms with Crippen LogP contribution in [0.15, 0.2) is 24.3 Å². The van der Waals surface area contributed by atoms with Gasteiger partial charge in [0, 0.05) is 17.5 Å². The minimum absolute atomic E-state index is 0.0618. The van der Waals surface area contributed by atoms with E-state index in [-0.39, 0.29) is 11.8 Å². The average Bonchev–Trinajstić information content (AvgIpc) is 2.50. The number of carbonyl (C=O) groups is 2. The number of benzene rings is 1. The lowest BCUT2D eigenvalue weighted by molar-refractivity contribution is -0.124. The van der Waals surface area contributed by atoms with Crippen molar-refractivity contribution >= 4 is 23.5 Å².